The van der Waals surface area contributed by atoms with Crippen LogP contribution in [0.3, 0.4) is 0 Å². The van der Waals surface area contributed by atoms with Gasteiger partial charge in [-0.05, 0) is 18.9 Å². The highest BCUT2D eigenvalue weighted by Crippen LogP contribution is 2.35. The van der Waals surface area contributed by atoms with Crippen LogP contribution < -0.4 is 4.74 Å². The summed E-state index contributed by atoms with van der Waals surface area (Å²) >= 11 is 0. The van der Waals surface area contributed by atoms with Crippen LogP contribution in [-0.4, -0.2) is 12.1 Å². The van der Waals surface area contributed by atoms with Gasteiger partial charge in [0.05, 0.1) is 7.11 Å². The normalized spacial score (nSPS) is 14.0. The van der Waals surface area contributed by atoms with Gasteiger partial charge in [0.25, 0.3) is 0 Å². The summed E-state index contributed by atoms with van der Waals surface area (Å²) in [6.07, 6.45) is 7.41. The third-order valence-electron chi connectivity index (χ3n) is 3.30. The first kappa shape index (κ1) is 11.0. The molecule has 0 saturated heterocycles. The van der Waals surface area contributed by atoms with Gasteiger partial charge in [0.1, 0.15) is 5.69 Å². The molecule has 18 heavy (non-hydrogen) atoms. The summed E-state index contributed by atoms with van der Waals surface area (Å²) in [5, 5.41) is 2.28. The molecule has 0 atom stereocenters. The maximum absolute atomic E-state index is 5.59. The Bertz CT molecular complexity index is 668. The van der Waals surface area contributed by atoms with Crippen LogP contribution >= 0.6 is 0 Å². The Labute approximate surface area is 107 Å². The van der Waals surface area contributed by atoms with Crippen molar-refractivity contribution in [3.63, 3.8) is 0 Å². The predicted octanol–water partition coefficient (Wildman–Crippen LogP) is 3.90. The van der Waals surface area contributed by atoms with Gasteiger partial charge in [-0.25, -0.2) is 4.98 Å². The summed E-state index contributed by atoms with van der Waals surface area (Å²) in [5.74, 6) is 0.869. The highest BCUT2D eigenvalue weighted by Gasteiger charge is 2.15. The van der Waals surface area contributed by atoms with Gasteiger partial charge in [-0.15, -0.1) is 0 Å². The molecule has 2 nitrogen and oxygen atoms in total. The fraction of sp³-hybridized carbons (Fsp3) is 0.188. The minimum absolute atomic E-state index is 0.869. The van der Waals surface area contributed by atoms with Gasteiger partial charge >= 0.3 is 0 Å². The third-order valence-corrected chi connectivity index (χ3v) is 3.30. The number of allylic oxidation sites excluding steroid dienone is 4. The van der Waals surface area contributed by atoms with E-state index in [9.17, 15) is 0 Å². The molecule has 0 saturated carbocycles. The Morgan fingerprint density at radius 3 is 2.61 bits per heavy atom. The van der Waals surface area contributed by atoms with Crippen LogP contribution in [0, 0.1) is 6.92 Å². The van der Waals surface area contributed by atoms with Crippen molar-refractivity contribution < 1.29 is 4.74 Å². The minimum Gasteiger partial charge on any atom is -0.494 e. The second-order valence-corrected chi connectivity index (χ2v) is 4.42. The summed E-state index contributed by atoms with van der Waals surface area (Å²) in [6.45, 7) is 2.05. The number of methoxy groups -OCH3 is 1. The van der Waals surface area contributed by atoms with Crippen molar-refractivity contribution in [2.45, 2.75) is 13.3 Å². The lowest BCUT2D eigenvalue weighted by Crippen LogP contribution is -1.98. The summed E-state index contributed by atoms with van der Waals surface area (Å²) < 4.78 is 5.59. The molecule has 0 N–H and O–H groups in total. The standard InChI is InChI=1S/C16H15NO/c1-11-13-9-5-6-10-14(13)16(18-2)15(17-11)12-7-3-4-8-12/h3,5-10H,4H2,1-2H3. The van der Waals surface area contributed by atoms with Crippen molar-refractivity contribution in [3.05, 3.63) is 53.9 Å². The van der Waals surface area contributed by atoms with E-state index in [1.165, 1.54) is 0 Å². The molecule has 0 amide bonds. The van der Waals surface area contributed by atoms with E-state index in [-0.39, 0.29) is 0 Å². The zero-order chi connectivity index (χ0) is 12.5. The SMILES string of the molecule is COc1c(C2=CCC=C2)nc(C)c2ccccc12. The molecular weight excluding hydrogens is 222 g/mol. The number of benzene rings is 1. The first-order chi connectivity index (χ1) is 8.81. The molecule has 0 spiro atoms. The highest BCUT2D eigenvalue weighted by molar-refractivity contribution is 5.95. The van der Waals surface area contributed by atoms with Crippen LogP contribution in [0.5, 0.6) is 5.75 Å². The van der Waals surface area contributed by atoms with Crippen LogP contribution in [0.15, 0.2) is 42.5 Å². The number of aryl methyl sites for hydroxylation is 1. The number of pyridine rings is 1. The van der Waals surface area contributed by atoms with Crippen molar-refractivity contribution in [1.29, 1.82) is 0 Å². The first-order valence-electron chi connectivity index (χ1n) is 6.11. The van der Waals surface area contributed by atoms with Crippen LogP contribution in [-0.2, 0) is 0 Å². The number of ether oxygens (including phenoxy) is 1. The predicted molar refractivity (Wildman–Crippen MR) is 74.8 cm³/mol. The lowest BCUT2D eigenvalue weighted by Gasteiger charge is -2.13. The Hall–Kier alpha value is -2.09. The second kappa shape index (κ2) is 4.30. The number of hydrogen-bond acceptors (Lipinski definition) is 2. The van der Waals surface area contributed by atoms with E-state index in [4.69, 9.17) is 9.72 Å². The minimum atomic E-state index is 0.869. The molecular formula is C16H15NO. The average Bonchev–Trinajstić information content (AvgIpc) is 2.92. The van der Waals surface area contributed by atoms with E-state index in [0.717, 1.165) is 39.9 Å². The molecule has 2 aromatic rings. The zero-order valence-electron chi connectivity index (χ0n) is 10.6. The lowest BCUT2D eigenvalue weighted by molar-refractivity contribution is 0.416. The van der Waals surface area contributed by atoms with E-state index >= 15 is 0 Å². The molecule has 0 unspecified atom stereocenters. The van der Waals surface area contributed by atoms with E-state index < -0.39 is 0 Å². The Morgan fingerprint density at radius 1 is 1.17 bits per heavy atom. The highest BCUT2D eigenvalue weighted by atomic mass is 16.5. The molecule has 1 heterocycles. The summed E-state index contributed by atoms with van der Waals surface area (Å²) in [7, 11) is 1.71. The fourth-order valence-electron chi connectivity index (χ4n) is 2.44. The van der Waals surface area contributed by atoms with Crippen LogP contribution in [0.2, 0.25) is 0 Å². The van der Waals surface area contributed by atoms with E-state index in [0.29, 0.717) is 0 Å². The van der Waals surface area contributed by atoms with Crippen molar-refractivity contribution in [1.82, 2.24) is 4.98 Å². The summed E-state index contributed by atoms with van der Waals surface area (Å²) in [4.78, 5) is 4.71. The number of aromatic nitrogens is 1. The number of nitrogens with zero attached hydrogens (tertiary/aromatic N) is 1. The number of fused-ring (bicyclic) bond motifs is 1. The molecule has 0 fully saturated rings. The molecule has 1 aromatic carbocycles. The lowest BCUT2D eigenvalue weighted by atomic mass is 10.0. The van der Waals surface area contributed by atoms with E-state index in [2.05, 4.69) is 30.4 Å². The van der Waals surface area contributed by atoms with Crippen LogP contribution in [0.4, 0.5) is 0 Å². The molecule has 1 aliphatic rings. The Morgan fingerprint density at radius 2 is 1.94 bits per heavy atom. The van der Waals surface area contributed by atoms with Crippen molar-refractivity contribution >= 4 is 16.3 Å². The van der Waals surface area contributed by atoms with Crippen LogP contribution in [0.25, 0.3) is 16.3 Å². The zero-order valence-corrected chi connectivity index (χ0v) is 10.6. The smallest absolute Gasteiger partial charge is 0.152 e. The Balaban J connectivity index is 2.35. The molecule has 0 bridgehead atoms. The van der Waals surface area contributed by atoms with Gasteiger partial charge in [-0.1, -0.05) is 42.5 Å². The van der Waals surface area contributed by atoms with Crippen molar-refractivity contribution in [2.24, 2.45) is 0 Å². The molecule has 1 aromatic heterocycles. The first-order valence-corrected chi connectivity index (χ1v) is 6.11. The molecule has 0 aliphatic heterocycles. The molecule has 0 radical (unpaired) electrons. The molecule has 3 rings (SSSR count). The topological polar surface area (TPSA) is 22.1 Å². The summed E-state index contributed by atoms with van der Waals surface area (Å²) in [6, 6.07) is 8.24. The number of hydrogen-bond donors (Lipinski definition) is 0. The van der Waals surface area contributed by atoms with Gasteiger partial charge in [0.15, 0.2) is 5.75 Å². The third kappa shape index (κ3) is 1.61. The maximum atomic E-state index is 5.59. The maximum Gasteiger partial charge on any atom is 0.152 e. The van der Waals surface area contributed by atoms with Gasteiger partial charge in [-0.2, -0.15) is 0 Å². The molecule has 2 heteroatoms. The van der Waals surface area contributed by atoms with Crippen molar-refractivity contribution in [3.8, 4) is 5.75 Å². The number of rotatable bonds is 2. The van der Waals surface area contributed by atoms with E-state index in [1.54, 1.807) is 7.11 Å². The summed E-state index contributed by atoms with van der Waals surface area (Å²) in [5.41, 5.74) is 3.14. The van der Waals surface area contributed by atoms with Gasteiger partial charge in [0, 0.05) is 16.5 Å². The van der Waals surface area contributed by atoms with Gasteiger partial charge in [0.2, 0.25) is 0 Å². The van der Waals surface area contributed by atoms with Crippen LogP contribution in [0.1, 0.15) is 17.8 Å². The van der Waals surface area contributed by atoms with Crippen molar-refractivity contribution in [2.75, 3.05) is 7.11 Å². The molecule has 90 valence electrons. The largest absolute Gasteiger partial charge is 0.494 e. The second-order valence-electron chi connectivity index (χ2n) is 4.42. The van der Waals surface area contributed by atoms with Gasteiger partial charge < -0.3 is 4.74 Å². The van der Waals surface area contributed by atoms with E-state index in [1.807, 2.05) is 19.1 Å². The van der Waals surface area contributed by atoms with Gasteiger partial charge in [-0.3, -0.25) is 0 Å². The Kier molecular flexibility index (Phi) is 2.63. The fourth-order valence-corrected chi connectivity index (χ4v) is 2.44. The average molecular weight is 237 g/mol. The molecule has 1 aliphatic carbocycles. The quantitative estimate of drug-likeness (QED) is 0.790. The monoisotopic (exact) mass is 237 g/mol.